The van der Waals surface area contributed by atoms with Gasteiger partial charge in [-0.05, 0) is 36.8 Å². The van der Waals surface area contributed by atoms with Crippen molar-refractivity contribution >= 4 is 27.5 Å². The van der Waals surface area contributed by atoms with Gasteiger partial charge >= 0.3 is 0 Å². The highest BCUT2D eigenvalue weighted by molar-refractivity contribution is 9.10. The minimum Gasteiger partial charge on any atom is -0.453 e. The number of hydrogen-bond donors (Lipinski definition) is 1. The maximum absolute atomic E-state index is 13.6. The Morgan fingerprint density at radius 1 is 1.20 bits per heavy atom. The highest BCUT2D eigenvalue weighted by atomic mass is 79.9. The summed E-state index contributed by atoms with van der Waals surface area (Å²) in [4.78, 5) is 0. The van der Waals surface area contributed by atoms with Gasteiger partial charge in [0.05, 0.1) is 11.1 Å². The zero-order chi connectivity index (χ0) is 14.9. The lowest BCUT2D eigenvalue weighted by atomic mass is 10.1. The largest absolute Gasteiger partial charge is 0.453 e. The van der Waals surface area contributed by atoms with E-state index in [9.17, 15) is 13.9 Å². The standard InChI is InChI=1S/C14H10BrClF2O2/c1-7(19)8-2-3-12(10(16)4-8)20-13-6-9(15)5-11(17)14(13)18/h2-7,19H,1H3/t7-/m1/s1. The van der Waals surface area contributed by atoms with E-state index in [1.165, 1.54) is 18.2 Å². The summed E-state index contributed by atoms with van der Waals surface area (Å²) in [7, 11) is 0. The topological polar surface area (TPSA) is 29.5 Å². The lowest BCUT2D eigenvalue weighted by Gasteiger charge is -2.11. The first kappa shape index (κ1) is 15.2. The molecule has 0 aliphatic heterocycles. The molecular weight excluding hydrogens is 354 g/mol. The van der Waals surface area contributed by atoms with Gasteiger partial charge in [-0.1, -0.05) is 33.6 Å². The highest BCUT2D eigenvalue weighted by Crippen LogP contribution is 2.34. The first-order valence-electron chi connectivity index (χ1n) is 5.68. The van der Waals surface area contributed by atoms with Gasteiger partial charge in [-0.15, -0.1) is 0 Å². The minimum absolute atomic E-state index is 0.174. The van der Waals surface area contributed by atoms with Gasteiger partial charge in [-0.2, -0.15) is 4.39 Å². The van der Waals surface area contributed by atoms with Gasteiger partial charge in [-0.3, -0.25) is 0 Å². The Kier molecular flexibility index (Phi) is 4.62. The van der Waals surface area contributed by atoms with E-state index in [1.807, 2.05) is 0 Å². The molecule has 0 heterocycles. The molecule has 0 aromatic heterocycles. The third kappa shape index (κ3) is 3.29. The van der Waals surface area contributed by atoms with Crippen LogP contribution in [0.5, 0.6) is 11.5 Å². The van der Waals surface area contributed by atoms with Crippen molar-refractivity contribution in [3.05, 3.63) is 57.0 Å². The molecule has 0 radical (unpaired) electrons. The Hall–Kier alpha value is -1.17. The molecule has 0 fully saturated rings. The summed E-state index contributed by atoms with van der Waals surface area (Å²) in [6.07, 6.45) is -0.679. The fourth-order valence-corrected chi connectivity index (χ4v) is 2.22. The van der Waals surface area contributed by atoms with Crippen molar-refractivity contribution in [3.8, 4) is 11.5 Å². The molecule has 2 rings (SSSR count). The molecule has 20 heavy (non-hydrogen) atoms. The first-order valence-corrected chi connectivity index (χ1v) is 6.85. The number of halogens is 4. The third-order valence-corrected chi connectivity index (χ3v) is 3.37. The highest BCUT2D eigenvalue weighted by Gasteiger charge is 2.14. The number of aliphatic hydroxyl groups excluding tert-OH is 1. The summed E-state index contributed by atoms with van der Waals surface area (Å²) in [6, 6.07) is 6.90. The lowest BCUT2D eigenvalue weighted by molar-refractivity contribution is 0.199. The summed E-state index contributed by atoms with van der Waals surface area (Å²) in [5, 5.41) is 9.63. The first-order chi connectivity index (χ1) is 9.38. The van der Waals surface area contributed by atoms with Gasteiger partial charge in [0.15, 0.2) is 11.6 Å². The van der Waals surface area contributed by atoms with E-state index in [0.29, 0.717) is 10.0 Å². The van der Waals surface area contributed by atoms with Crippen molar-refractivity contribution in [2.24, 2.45) is 0 Å². The smallest absolute Gasteiger partial charge is 0.201 e. The fraction of sp³-hybridized carbons (Fsp3) is 0.143. The number of hydrogen-bond acceptors (Lipinski definition) is 2. The molecule has 2 nitrogen and oxygen atoms in total. The molecule has 6 heteroatoms. The fourth-order valence-electron chi connectivity index (χ4n) is 1.58. The molecule has 0 saturated carbocycles. The number of benzene rings is 2. The van der Waals surface area contributed by atoms with Crippen LogP contribution in [0.15, 0.2) is 34.8 Å². The number of rotatable bonds is 3. The summed E-state index contributed by atoms with van der Waals surface area (Å²) in [5.41, 5.74) is 0.600. The molecule has 1 N–H and O–H groups in total. The molecule has 0 aliphatic rings. The predicted octanol–water partition coefficient (Wildman–Crippen LogP) is 5.23. The Balaban J connectivity index is 2.35. The number of aliphatic hydroxyl groups is 1. The van der Waals surface area contributed by atoms with Crippen LogP contribution in [0.3, 0.4) is 0 Å². The van der Waals surface area contributed by atoms with E-state index in [4.69, 9.17) is 16.3 Å². The predicted molar refractivity (Wildman–Crippen MR) is 76.2 cm³/mol. The third-order valence-electron chi connectivity index (χ3n) is 2.62. The summed E-state index contributed by atoms with van der Waals surface area (Å²) in [5.74, 6) is -2.22. The summed E-state index contributed by atoms with van der Waals surface area (Å²) in [6.45, 7) is 1.59. The average molecular weight is 364 g/mol. The zero-order valence-corrected chi connectivity index (χ0v) is 12.7. The molecular formula is C14H10BrClF2O2. The van der Waals surface area contributed by atoms with Crippen LogP contribution < -0.4 is 4.74 Å². The lowest BCUT2D eigenvalue weighted by Crippen LogP contribution is -1.95. The Morgan fingerprint density at radius 3 is 2.50 bits per heavy atom. The van der Waals surface area contributed by atoms with Crippen LogP contribution in [0.25, 0.3) is 0 Å². The molecule has 0 bridgehead atoms. The van der Waals surface area contributed by atoms with Gasteiger partial charge in [0, 0.05) is 4.47 Å². The monoisotopic (exact) mass is 362 g/mol. The second kappa shape index (κ2) is 6.08. The van der Waals surface area contributed by atoms with Crippen LogP contribution in [0.2, 0.25) is 5.02 Å². The molecule has 0 spiro atoms. The van der Waals surface area contributed by atoms with E-state index in [-0.39, 0.29) is 16.5 Å². The van der Waals surface area contributed by atoms with Crippen LogP contribution in [0.4, 0.5) is 8.78 Å². The van der Waals surface area contributed by atoms with Crippen LogP contribution >= 0.6 is 27.5 Å². The van der Waals surface area contributed by atoms with Crippen molar-refractivity contribution in [2.75, 3.05) is 0 Å². The molecule has 2 aromatic rings. The zero-order valence-electron chi connectivity index (χ0n) is 10.3. The SMILES string of the molecule is C[C@@H](O)c1ccc(Oc2cc(Br)cc(F)c2F)c(Cl)c1. The van der Waals surface area contributed by atoms with E-state index in [1.54, 1.807) is 13.0 Å². The van der Waals surface area contributed by atoms with E-state index >= 15 is 0 Å². The van der Waals surface area contributed by atoms with E-state index in [0.717, 1.165) is 6.07 Å². The molecule has 0 unspecified atom stereocenters. The van der Waals surface area contributed by atoms with Gasteiger partial charge in [-0.25, -0.2) is 4.39 Å². The molecule has 0 aliphatic carbocycles. The molecule has 106 valence electrons. The van der Waals surface area contributed by atoms with Gasteiger partial charge in [0.25, 0.3) is 0 Å². The van der Waals surface area contributed by atoms with Crippen molar-refractivity contribution in [3.63, 3.8) is 0 Å². The van der Waals surface area contributed by atoms with Crippen molar-refractivity contribution in [1.29, 1.82) is 0 Å². The molecule has 0 saturated heterocycles. The maximum atomic E-state index is 13.6. The van der Waals surface area contributed by atoms with Crippen LogP contribution in [0, 0.1) is 11.6 Å². The van der Waals surface area contributed by atoms with Gasteiger partial charge < -0.3 is 9.84 Å². The van der Waals surface area contributed by atoms with E-state index < -0.39 is 17.7 Å². The van der Waals surface area contributed by atoms with Crippen molar-refractivity contribution < 1.29 is 18.6 Å². The summed E-state index contributed by atoms with van der Waals surface area (Å²) < 4.78 is 32.5. The van der Waals surface area contributed by atoms with Gasteiger partial charge in [0.1, 0.15) is 5.75 Å². The molecule has 1 atom stereocenters. The second-order valence-electron chi connectivity index (χ2n) is 4.17. The Morgan fingerprint density at radius 2 is 1.90 bits per heavy atom. The minimum atomic E-state index is -1.09. The quantitative estimate of drug-likeness (QED) is 0.757. The van der Waals surface area contributed by atoms with E-state index in [2.05, 4.69) is 15.9 Å². The summed E-state index contributed by atoms with van der Waals surface area (Å²) >= 11 is 9.05. The normalized spacial score (nSPS) is 12.3. The van der Waals surface area contributed by atoms with Crippen LogP contribution in [0.1, 0.15) is 18.6 Å². The van der Waals surface area contributed by atoms with Crippen molar-refractivity contribution in [1.82, 2.24) is 0 Å². The second-order valence-corrected chi connectivity index (χ2v) is 5.49. The molecule has 0 amide bonds. The Labute approximate surface area is 128 Å². The van der Waals surface area contributed by atoms with Gasteiger partial charge in [0.2, 0.25) is 5.82 Å². The average Bonchev–Trinajstić information content (AvgIpc) is 2.37. The Bertz CT molecular complexity index is 647. The maximum Gasteiger partial charge on any atom is 0.201 e. The van der Waals surface area contributed by atoms with Crippen molar-refractivity contribution in [2.45, 2.75) is 13.0 Å². The number of ether oxygens (including phenoxy) is 1. The molecule has 2 aromatic carbocycles. The van der Waals surface area contributed by atoms with Crippen LogP contribution in [-0.4, -0.2) is 5.11 Å². The van der Waals surface area contributed by atoms with Crippen LogP contribution in [-0.2, 0) is 0 Å².